The Morgan fingerprint density at radius 2 is 1.56 bits per heavy atom. The minimum Gasteiger partial charge on any atom is -0.478 e. The van der Waals surface area contributed by atoms with Crippen molar-refractivity contribution in [3.63, 3.8) is 0 Å². The van der Waals surface area contributed by atoms with Gasteiger partial charge in [0.2, 0.25) is 5.91 Å². The van der Waals surface area contributed by atoms with E-state index in [1.807, 2.05) is 24.3 Å². The van der Waals surface area contributed by atoms with Crippen molar-refractivity contribution in [3.05, 3.63) is 71.8 Å². The van der Waals surface area contributed by atoms with Crippen molar-refractivity contribution in [2.24, 2.45) is 5.41 Å². The maximum absolute atomic E-state index is 12.9. The molecule has 2 aromatic carbocycles. The molecule has 2 aromatic rings. The molecule has 0 radical (unpaired) electrons. The fraction of sp³-hybridized carbons (Fsp3) is 0.370. The fourth-order valence-corrected chi connectivity index (χ4v) is 5.10. The number of amides is 2. The molecule has 34 heavy (non-hydrogen) atoms. The van der Waals surface area contributed by atoms with Gasteiger partial charge in [-0.15, -0.1) is 0 Å². The van der Waals surface area contributed by atoms with Gasteiger partial charge in [-0.3, -0.25) is 4.79 Å². The van der Waals surface area contributed by atoms with Crippen molar-refractivity contribution >= 4 is 18.0 Å². The summed E-state index contributed by atoms with van der Waals surface area (Å²) < 4.78 is 5.62. The largest absolute Gasteiger partial charge is 0.478 e. The number of carboxylic acids is 1. The number of rotatable bonds is 8. The van der Waals surface area contributed by atoms with Gasteiger partial charge in [0.15, 0.2) is 0 Å². The average molecular weight is 463 g/mol. The summed E-state index contributed by atoms with van der Waals surface area (Å²) in [5.74, 6) is -1.24. The molecule has 2 aliphatic rings. The van der Waals surface area contributed by atoms with Crippen LogP contribution in [0.3, 0.4) is 0 Å². The number of nitrogens with one attached hydrogen (secondary N) is 2. The van der Waals surface area contributed by atoms with Crippen molar-refractivity contribution < 1.29 is 24.2 Å². The Labute approximate surface area is 199 Å². The SMILES string of the molecule is O=C(O)/C=C/CNC(=O)C1(CNC(=O)OCC2c3ccccc3-c3ccccc32)CCCCC1. The zero-order chi connectivity index (χ0) is 24.0. The van der Waals surface area contributed by atoms with E-state index < -0.39 is 17.5 Å². The topological polar surface area (TPSA) is 105 Å². The normalized spacial score (nSPS) is 16.5. The number of benzene rings is 2. The highest BCUT2D eigenvalue weighted by Crippen LogP contribution is 2.44. The Kier molecular flexibility index (Phi) is 7.30. The van der Waals surface area contributed by atoms with Crippen LogP contribution in [0.4, 0.5) is 4.79 Å². The molecule has 178 valence electrons. The molecule has 2 aliphatic carbocycles. The highest BCUT2D eigenvalue weighted by Gasteiger charge is 2.39. The Morgan fingerprint density at radius 1 is 0.941 bits per heavy atom. The predicted molar refractivity (Wildman–Crippen MR) is 128 cm³/mol. The van der Waals surface area contributed by atoms with Crippen LogP contribution in [0.15, 0.2) is 60.7 Å². The molecule has 0 aromatic heterocycles. The summed E-state index contributed by atoms with van der Waals surface area (Å²) in [5, 5.41) is 14.3. The number of ether oxygens (including phenoxy) is 1. The molecule has 0 aliphatic heterocycles. The van der Waals surface area contributed by atoms with E-state index in [0.717, 1.165) is 36.5 Å². The second kappa shape index (κ2) is 10.5. The third-order valence-electron chi connectivity index (χ3n) is 6.85. The van der Waals surface area contributed by atoms with Crippen LogP contribution < -0.4 is 10.6 Å². The zero-order valence-corrected chi connectivity index (χ0v) is 19.1. The molecule has 1 saturated carbocycles. The average Bonchev–Trinajstić information content (AvgIpc) is 3.18. The maximum Gasteiger partial charge on any atom is 0.407 e. The predicted octanol–water partition coefficient (Wildman–Crippen LogP) is 4.23. The molecule has 7 nitrogen and oxygen atoms in total. The number of hydrogen-bond donors (Lipinski definition) is 3. The van der Waals surface area contributed by atoms with E-state index in [1.54, 1.807) is 0 Å². The van der Waals surface area contributed by atoms with E-state index in [4.69, 9.17) is 9.84 Å². The summed E-state index contributed by atoms with van der Waals surface area (Å²) >= 11 is 0. The van der Waals surface area contributed by atoms with Gasteiger partial charge in [0, 0.05) is 25.1 Å². The highest BCUT2D eigenvalue weighted by molar-refractivity contribution is 5.84. The van der Waals surface area contributed by atoms with Crippen molar-refractivity contribution in [3.8, 4) is 11.1 Å². The lowest BCUT2D eigenvalue weighted by Crippen LogP contribution is -2.49. The molecular formula is C27H30N2O5. The first kappa shape index (κ1) is 23.5. The van der Waals surface area contributed by atoms with Crippen LogP contribution in [0.5, 0.6) is 0 Å². The summed E-state index contributed by atoms with van der Waals surface area (Å²) in [7, 11) is 0. The molecular weight excluding hydrogens is 432 g/mol. The van der Waals surface area contributed by atoms with Gasteiger partial charge < -0.3 is 20.5 Å². The Hall–Kier alpha value is -3.61. The van der Waals surface area contributed by atoms with Crippen molar-refractivity contribution in [2.75, 3.05) is 19.7 Å². The molecule has 0 spiro atoms. The first-order valence-electron chi connectivity index (χ1n) is 11.8. The van der Waals surface area contributed by atoms with Gasteiger partial charge >= 0.3 is 12.1 Å². The quantitative estimate of drug-likeness (QED) is 0.509. The van der Waals surface area contributed by atoms with Crippen LogP contribution in [-0.4, -0.2) is 42.8 Å². The first-order valence-corrected chi connectivity index (χ1v) is 11.8. The molecule has 3 N–H and O–H groups in total. The van der Waals surface area contributed by atoms with Crippen LogP contribution in [0.1, 0.15) is 49.1 Å². The number of hydrogen-bond acceptors (Lipinski definition) is 4. The molecule has 0 bridgehead atoms. The maximum atomic E-state index is 12.9. The Bertz CT molecular complexity index is 1040. The molecule has 7 heteroatoms. The lowest BCUT2D eigenvalue weighted by atomic mass is 9.73. The van der Waals surface area contributed by atoms with Crippen LogP contribution >= 0.6 is 0 Å². The van der Waals surface area contributed by atoms with Crippen LogP contribution in [0.2, 0.25) is 0 Å². The molecule has 0 unspecified atom stereocenters. The van der Waals surface area contributed by atoms with Gasteiger partial charge in [-0.1, -0.05) is 73.9 Å². The third kappa shape index (κ3) is 5.14. The summed E-state index contributed by atoms with van der Waals surface area (Å²) in [4.78, 5) is 36.2. The van der Waals surface area contributed by atoms with Crippen LogP contribution in [0.25, 0.3) is 11.1 Å². The molecule has 0 saturated heterocycles. The highest BCUT2D eigenvalue weighted by atomic mass is 16.5. The lowest BCUT2D eigenvalue weighted by Gasteiger charge is -2.35. The van der Waals surface area contributed by atoms with Crippen molar-refractivity contribution in [1.82, 2.24) is 10.6 Å². The van der Waals surface area contributed by atoms with Crippen molar-refractivity contribution in [1.29, 1.82) is 0 Å². The fourth-order valence-electron chi connectivity index (χ4n) is 5.10. The van der Waals surface area contributed by atoms with Gasteiger partial charge in [-0.05, 0) is 35.1 Å². The summed E-state index contributed by atoms with van der Waals surface area (Å²) in [6.07, 6.45) is 6.08. The van der Waals surface area contributed by atoms with E-state index in [2.05, 4.69) is 34.9 Å². The monoisotopic (exact) mass is 462 g/mol. The van der Waals surface area contributed by atoms with Gasteiger partial charge in [0.05, 0.1) is 5.41 Å². The molecule has 0 atom stereocenters. The van der Waals surface area contributed by atoms with Crippen LogP contribution in [0, 0.1) is 5.41 Å². The van der Waals surface area contributed by atoms with Gasteiger partial charge in [0.1, 0.15) is 6.61 Å². The number of carbonyl (C=O) groups excluding carboxylic acids is 2. The number of alkyl carbamates (subject to hydrolysis) is 1. The Morgan fingerprint density at radius 3 is 2.18 bits per heavy atom. The standard InChI is InChI=1S/C27H30N2O5/c30-24(31)13-8-16-28-25(32)27(14-6-1-7-15-27)18-29-26(33)34-17-23-21-11-4-2-9-19(21)20-10-3-5-12-22(20)23/h2-5,8-13,23H,1,6-7,14-18H2,(H,28,32)(H,29,33)(H,30,31)/b13-8+. The number of carboxylic acid groups (broad SMARTS) is 1. The van der Waals surface area contributed by atoms with E-state index in [-0.39, 0.29) is 31.5 Å². The summed E-state index contributed by atoms with van der Waals surface area (Å²) in [6.45, 7) is 0.551. The first-order chi connectivity index (χ1) is 16.5. The second-order valence-corrected chi connectivity index (χ2v) is 8.97. The second-order valence-electron chi connectivity index (χ2n) is 8.97. The van der Waals surface area contributed by atoms with Gasteiger partial charge in [0.25, 0.3) is 0 Å². The van der Waals surface area contributed by atoms with Gasteiger partial charge in [-0.2, -0.15) is 0 Å². The molecule has 1 fully saturated rings. The Balaban J connectivity index is 1.36. The minimum absolute atomic E-state index is 0.0221. The molecule has 0 heterocycles. The van der Waals surface area contributed by atoms with E-state index in [9.17, 15) is 14.4 Å². The minimum atomic E-state index is -1.06. The molecule has 2 amide bonds. The summed E-state index contributed by atoms with van der Waals surface area (Å²) in [5.41, 5.74) is 3.92. The molecule has 4 rings (SSSR count). The van der Waals surface area contributed by atoms with E-state index >= 15 is 0 Å². The summed E-state index contributed by atoms with van der Waals surface area (Å²) in [6, 6.07) is 16.3. The van der Waals surface area contributed by atoms with E-state index in [0.29, 0.717) is 12.8 Å². The van der Waals surface area contributed by atoms with Crippen LogP contribution in [-0.2, 0) is 14.3 Å². The smallest absolute Gasteiger partial charge is 0.407 e. The number of aliphatic carboxylic acids is 1. The van der Waals surface area contributed by atoms with Gasteiger partial charge in [-0.25, -0.2) is 9.59 Å². The lowest BCUT2D eigenvalue weighted by molar-refractivity contribution is -0.133. The van der Waals surface area contributed by atoms with Crippen molar-refractivity contribution in [2.45, 2.75) is 38.0 Å². The third-order valence-corrected chi connectivity index (χ3v) is 6.85. The number of carbonyl (C=O) groups is 3. The zero-order valence-electron chi connectivity index (χ0n) is 19.1. The van der Waals surface area contributed by atoms with E-state index in [1.165, 1.54) is 17.2 Å². The number of fused-ring (bicyclic) bond motifs is 3.